The Morgan fingerprint density at radius 2 is 1.80 bits per heavy atom. The first-order valence-electron chi connectivity index (χ1n) is 13.8. The minimum atomic E-state index is -1.50. The average molecular weight is 576 g/mol. The van der Waals surface area contributed by atoms with Crippen LogP contribution in [0.3, 0.4) is 0 Å². The highest BCUT2D eigenvalue weighted by molar-refractivity contribution is 5.88. The van der Waals surface area contributed by atoms with Crippen LogP contribution in [0.1, 0.15) is 52.5 Å². The molecule has 1 aromatic carbocycles. The van der Waals surface area contributed by atoms with Crippen LogP contribution in [0.15, 0.2) is 42.5 Å². The van der Waals surface area contributed by atoms with E-state index in [1.807, 2.05) is 19.9 Å². The summed E-state index contributed by atoms with van der Waals surface area (Å²) in [5, 5.41) is 18.0. The third-order valence-corrected chi connectivity index (χ3v) is 6.24. The van der Waals surface area contributed by atoms with E-state index in [0.29, 0.717) is 13.0 Å². The van der Waals surface area contributed by atoms with Crippen molar-refractivity contribution in [3.05, 3.63) is 48.0 Å². The van der Waals surface area contributed by atoms with Crippen molar-refractivity contribution in [2.45, 2.75) is 77.9 Å². The van der Waals surface area contributed by atoms with E-state index in [1.165, 1.54) is 19.1 Å². The molecule has 1 aliphatic rings. The van der Waals surface area contributed by atoms with Crippen LogP contribution in [0, 0.1) is 11.8 Å². The van der Waals surface area contributed by atoms with Crippen molar-refractivity contribution < 1.29 is 43.3 Å². The molecule has 0 aliphatic carbocycles. The normalized spacial score (nSPS) is 17.7. The summed E-state index contributed by atoms with van der Waals surface area (Å²) >= 11 is 0. The lowest BCUT2D eigenvalue weighted by Gasteiger charge is -2.26. The number of carbonyl (C=O) groups excluding carboxylic acids is 5. The number of alkyl carbamates (subject to hydrolysis) is 1. The minimum absolute atomic E-state index is 0.0493. The zero-order chi connectivity index (χ0) is 30.4. The number of amides is 3. The van der Waals surface area contributed by atoms with Gasteiger partial charge in [-0.05, 0) is 44.6 Å². The Morgan fingerprint density at radius 3 is 2.39 bits per heavy atom. The molecule has 1 aliphatic heterocycles. The van der Waals surface area contributed by atoms with Gasteiger partial charge < -0.3 is 35.3 Å². The van der Waals surface area contributed by atoms with E-state index in [0.717, 1.165) is 5.56 Å². The predicted molar refractivity (Wildman–Crippen MR) is 148 cm³/mol. The first-order chi connectivity index (χ1) is 19.5. The summed E-state index contributed by atoms with van der Waals surface area (Å²) in [7, 11) is 0. The molecule has 1 unspecified atom stereocenters. The number of aliphatic hydroxyl groups is 1. The van der Waals surface area contributed by atoms with Gasteiger partial charge in [0.25, 0.3) is 5.91 Å². The summed E-state index contributed by atoms with van der Waals surface area (Å²) in [6, 6.07) is 6.68. The van der Waals surface area contributed by atoms with Gasteiger partial charge in [-0.1, -0.05) is 50.3 Å². The molecule has 0 radical (unpaired) electrons. The zero-order valence-corrected chi connectivity index (χ0v) is 24.0. The highest BCUT2D eigenvalue weighted by Gasteiger charge is 2.34. The number of esters is 2. The van der Waals surface area contributed by atoms with Gasteiger partial charge in [0.15, 0.2) is 12.1 Å². The van der Waals surface area contributed by atoms with E-state index in [4.69, 9.17) is 14.2 Å². The Hall–Kier alpha value is -3.93. The van der Waals surface area contributed by atoms with E-state index in [-0.39, 0.29) is 43.8 Å². The molecule has 5 atom stereocenters. The summed E-state index contributed by atoms with van der Waals surface area (Å²) in [4.78, 5) is 62.7. The van der Waals surface area contributed by atoms with Crippen LogP contribution in [0.2, 0.25) is 0 Å². The number of hydrogen-bond acceptors (Lipinski definition) is 9. The molecule has 41 heavy (non-hydrogen) atoms. The number of aliphatic hydroxyl groups excluding tert-OH is 1. The highest BCUT2D eigenvalue weighted by atomic mass is 16.6. The largest absolute Gasteiger partial charge is 0.463 e. The lowest BCUT2D eigenvalue weighted by Crippen LogP contribution is -2.51. The molecule has 0 aromatic heterocycles. The highest BCUT2D eigenvalue weighted by Crippen LogP contribution is 2.18. The van der Waals surface area contributed by atoms with Crippen LogP contribution < -0.4 is 16.0 Å². The van der Waals surface area contributed by atoms with Gasteiger partial charge in [-0.25, -0.2) is 14.4 Å². The van der Waals surface area contributed by atoms with Gasteiger partial charge >= 0.3 is 18.0 Å². The molecule has 3 amide bonds. The summed E-state index contributed by atoms with van der Waals surface area (Å²) in [5.74, 6) is -2.86. The van der Waals surface area contributed by atoms with E-state index in [2.05, 4.69) is 16.0 Å². The maximum Gasteiger partial charge on any atom is 0.408 e. The Balaban J connectivity index is 2.10. The molecule has 1 heterocycles. The molecular formula is C29H41N3O9. The summed E-state index contributed by atoms with van der Waals surface area (Å²) in [6.45, 7) is 7.27. The summed E-state index contributed by atoms with van der Waals surface area (Å²) in [5.41, 5.74) is 0.731. The molecule has 12 heteroatoms. The monoisotopic (exact) mass is 575 g/mol. The summed E-state index contributed by atoms with van der Waals surface area (Å²) < 4.78 is 15.5. The van der Waals surface area contributed by atoms with Crippen LogP contribution in [0.4, 0.5) is 4.79 Å². The molecule has 1 aromatic rings. The van der Waals surface area contributed by atoms with Crippen molar-refractivity contribution >= 4 is 29.8 Å². The third-order valence-electron chi connectivity index (χ3n) is 6.24. The second-order valence-electron chi connectivity index (χ2n) is 10.2. The average Bonchev–Trinajstić information content (AvgIpc) is 3.32. The van der Waals surface area contributed by atoms with Gasteiger partial charge in [-0.15, -0.1) is 0 Å². The van der Waals surface area contributed by atoms with Crippen molar-refractivity contribution in [3.63, 3.8) is 0 Å². The number of rotatable bonds is 15. The molecule has 12 nitrogen and oxygen atoms in total. The van der Waals surface area contributed by atoms with Gasteiger partial charge in [0.1, 0.15) is 6.61 Å². The van der Waals surface area contributed by atoms with Crippen molar-refractivity contribution in [1.82, 2.24) is 16.0 Å². The fraction of sp³-hybridized carbons (Fsp3) is 0.552. The zero-order valence-electron chi connectivity index (χ0n) is 24.0. The van der Waals surface area contributed by atoms with E-state index < -0.39 is 48.2 Å². The Morgan fingerprint density at radius 1 is 1.10 bits per heavy atom. The van der Waals surface area contributed by atoms with Crippen LogP contribution >= 0.6 is 0 Å². The molecule has 0 bridgehead atoms. The first kappa shape index (κ1) is 33.3. The van der Waals surface area contributed by atoms with E-state index in [1.54, 1.807) is 31.2 Å². The van der Waals surface area contributed by atoms with E-state index >= 15 is 0 Å². The van der Waals surface area contributed by atoms with Crippen molar-refractivity contribution in [2.75, 3.05) is 13.2 Å². The third kappa shape index (κ3) is 12.0. The van der Waals surface area contributed by atoms with Crippen LogP contribution in [0.5, 0.6) is 0 Å². The molecule has 226 valence electrons. The molecule has 1 fully saturated rings. The maximum absolute atomic E-state index is 13.3. The fourth-order valence-electron chi connectivity index (χ4n) is 4.14. The molecule has 4 N–H and O–H groups in total. The Kier molecular flexibility index (Phi) is 13.8. The number of carbonyl (C=O) groups is 5. The van der Waals surface area contributed by atoms with Crippen molar-refractivity contribution in [3.8, 4) is 0 Å². The molecule has 2 rings (SSSR count). The van der Waals surface area contributed by atoms with Crippen molar-refractivity contribution in [1.29, 1.82) is 0 Å². The van der Waals surface area contributed by atoms with Gasteiger partial charge in [-0.3, -0.25) is 9.59 Å². The van der Waals surface area contributed by atoms with Crippen molar-refractivity contribution in [2.24, 2.45) is 11.8 Å². The van der Waals surface area contributed by atoms with Gasteiger partial charge in [0.05, 0.1) is 12.7 Å². The summed E-state index contributed by atoms with van der Waals surface area (Å²) in [6.07, 6.45) is -0.0112. The molecule has 1 saturated heterocycles. The minimum Gasteiger partial charge on any atom is -0.463 e. The van der Waals surface area contributed by atoms with Crippen LogP contribution in [0.25, 0.3) is 0 Å². The SMILES string of the molecule is CCOC(=O)/C=C/[C@H](C[C@@H]1CCNC1=O)NC(=O)[C@H](CC(C)C)OC(=O)[C@@H](NC(=O)OCc1ccccc1)C(C)O. The standard InChI is InChI=1S/C29H41N3O9/c1-5-39-24(34)12-11-22(16-21-13-14-30-26(21)35)31-27(36)23(15-18(2)3)41-28(37)25(19(4)33)32-29(38)40-17-20-9-7-6-8-10-20/h6-12,18-19,21-23,25,33H,5,13-17H2,1-4H3,(H,30,35)(H,31,36)(H,32,38)/b12-11+/t19?,21-,22+,23-,25-/m0/s1. The topological polar surface area (TPSA) is 169 Å². The number of hydrogen-bond donors (Lipinski definition) is 4. The second kappa shape index (κ2) is 17.0. The van der Waals surface area contributed by atoms with Crippen LogP contribution in [-0.4, -0.2) is 72.4 Å². The van der Waals surface area contributed by atoms with Gasteiger partial charge in [0.2, 0.25) is 5.91 Å². The maximum atomic E-state index is 13.3. The van der Waals surface area contributed by atoms with Gasteiger partial charge in [-0.2, -0.15) is 0 Å². The Bertz CT molecular complexity index is 1060. The predicted octanol–water partition coefficient (Wildman–Crippen LogP) is 1.75. The number of nitrogens with one attached hydrogen (secondary N) is 3. The first-order valence-corrected chi connectivity index (χ1v) is 13.8. The van der Waals surface area contributed by atoms with Gasteiger partial charge in [0, 0.05) is 24.6 Å². The number of ether oxygens (including phenoxy) is 3. The molecule has 0 saturated carbocycles. The molecular weight excluding hydrogens is 534 g/mol. The van der Waals surface area contributed by atoms with Crippen LogP contribution in [-0.2, 0) is 40.0 Å². The number of benzene rings is 1. The van der Waals surface area contributed by atoms with E-state index in [9.17, 15) is 29.1 Å². The quantitative estimate of drug-likeness (QED) is 0.138. The lowest BCUT2D eigenvalue weighted by atomic mass is 9.97. The Labute approximate surface area is 240 Å². The fourth-order valence-corrected chi connectivity index (χ4v) is 4.14. The second-order valence-corrected chi connectivity index (χ2v) is 10.2. The smallest absolute Gasteiger partial charge is 0.408 e. The lowest BCUT2D eigenvalue weighted by molar-refractivity contribution is -0.161. The molecule has 0 spiro atoms.